The van der Waals surface area contributed by atoms with Crippen LogP contribution in [0, 0.1) is 5.92 Å². The maximum Gasteiger partial charge on any atom is 0.306 e. The largest absolute Gasteiger partial charge is 0.457 e. The van der Waals surface area contributed by atoms with E-state index in [1.165, 1.54) is 122 Å². The van der Waals surface area contributed by atoms with E-state index in [-0.39, 0.29) is 19.6 Å². The van der Waals surface area contributed by atoms with Crippen molar-refractivity contribution >= 4 is 5.97 Å². The van der Waals surface area contributed by atoms with Crippen LogP contribution in [-0.2, 0) is 19.0 Å². The molecule has 0 heterocycles. The highest BCUT2D eigenvalue weighted by atomic mass is 16.6. The van der Waals surface area contributed by atoms with E-state index in [1.807, 2.05) is 0 Å². The van der Waals surface area contributed by atoms with Gasteiger partial charge in [-0.3, -0.25) is 4.79 Å². The molecular formula is C39H76O8. The van der Waals surface area contributed by atoms with Crippen LogP contribution in [0.25, 0.3) is 0 Å². The van der Waals surface area contributed by atoms with Crippen LogP contribution in [0.15, 0.2) is 0 Å². The van der Waals surface area contributed by atoms with Gasteiger partial charge in [-0.1, -0.05) is 162 Å². The maximum atomic E-state index is 12.5. The first-order valence-corrected chi connectivity index (χ1v) is 19.9. The van der Waals surface area contributed by atoms with Gasteiger partial charge < -0.3 is 34.6 Å². The third-order valence-electron chi connectivity index (χ3n) is 9.78. The zero-order chi connectivity index (χ0) is 34.5. The summed E-state index contributed by atoms with van der Waals surface area (Å²) in [6.07, 6.45) is 22.2. The van der Waals surface area contributed by atoms with Gasteiger partial charge in [-0.05, 0) is 18.8 Å². The third kappa shape index (κ3) is 22.5. The molecule has 0 aromatic heterocycles. The number of esters is 1. The normalized spacial score (nSPS) is 22.5. The molecule has 1 unspecified atom stereocenters. The van der Waals surface area contributed by atoms with Crippen molar-refractivity contribution in [2.24, 2.45) is 5.92 Å². The van der Waals surface area contributed by atoms with Gasteiger partial charge >= 0.3 is 5.97 Å². The number of ether oxygens (including phenoxy) is 3. The molecule has 0 bridgehead atoms. The lowest BCUT2D eigenvalue weighted by atomic mass is 9.96. The summed E-state index contributed by atoms with van der Waals surface area (Å²) in [6.45, 7) is 7.39. The molecule has 280 valence electrons. The molecule has 1 saturated carbocycles. The van der Waals surface area contributed by atoms with E-state index in [4.69, 9.17) is 14.2 Å². The molecule has 0 aromatic rings. The van der Waals surface area contributed by atoms with E-state index in [1.54, 1.807) is 0 Å². The van der Waals surface area contributed by atoms with Crippen molar-refractivity contribution in [3.63, 3.8) is 0 Å². The van der Waals surface area contributed by atoms with Crippen molar-refractivity contribution < 1.29 is 39.4 Å². The number of rotatable bonds is 33. The smallest absolute Gasteiger partial charge is 0.306 e. The minimum absolute atomic E-state index is 0.0911. The highest BCUT2D eigenvalue weighted by Crippen LogP contribution is 2.28. The Hall–Kier alpha value is -0.770. The average Bonchev–Trinajstić information content (AvgIpc) is 3.25. The Bertz CT molecular complexity index is 706. The van der Waals surface area contributed by atoms with Crippen molar-refractivity contribution in [1.82, 2.24) is 0 Å². The summed E-state index contributed by atoms with van der Waals surface area (Å²) in [6, 6.07) is 0. The van der Waals surface area contributed by atoms with Crippen LogP contribution in [0.4, 0.5) is 0 Å². The van der Waals surface area contributed by atoms with E-state index in [9.17, 15) is 25.2 Å². The van der Waals surface area contributed by atoms with Crippen LogP contribution >= 0.6 is 0 Å². The molecule has 7 atom stereocenters. The Balaban J connectivity index is 2.10. The van der Waals surface area contributed by atoms with Gasteiger partial charge in [-0.2, -0.15) is 0 Å². The maximum absolute atomic E-state index is 12.5. The lowest BCUT2D eigenvalue weighted by Gasteiger charge is -2.24. The second kappa shape index (κ2) is 30.1. The molecule has 1 aliphatic carbocycles. The predicted molar refractivity (Wildman–Crippen MR) is 190 cm³/mol. The van der Waals surface area contributed by atoms with Gasteiger partial charge in [0.05, 0.1) is 13.2 Å². The summed E-state index contributed by atoms with van der Waals surface area (Å²) < 4.78 is 16.7. The molecule has 0 saturated heterocycles. The Labute approximate surface area is 288 Å². The molecule has 0 amide bonds. The number of aliphatic hydroxyl groups excluding tert-OH is 4. The molecule has 0 aromatic carbocycles. The standard InChI is InChI=1S/C39H76O8/c1-4-6-8-10-11-12-13-14-17-20-24-28-34(41)47-39-37(44)35(42)36(43)38(39)46-31-33(40)30-45-29-25-21-18-15-16-19-23-27-32(3)26-22-9-7-5-2/h32-33,35-40,42-44H,4-31H2,1-3H3/t32?,33-,35-,36-,37+,38+,39-/m0/s1. The topological polar surface area (TPSA) is 126 Å². The highest BCUT2D eigenvalue weighted by molar-refractivity contribution is 5.69. The minimum Gasteiger partial charge on any atom is -0.457 e. The lowest BCUT2D eigenvalue weighted by Crippen LogP contribution is -2.41. The summed E-state index contributed by atoms with van der Waals surface area (Å²) in [5.41, 5.74) is 0. The fourth-order valence-electron chi connectivity index (χ4n) is 6.59. The molecule has 8 nitrogen and oxygen atoms in total. The van der Waals surface area contributed by atoms with Crippen LogP contribution < -0.4 is 0 Å². The number of carbonyl (C=O) groups is 1. The summed E-state index contributed by atoms with van der Waals surface area (Å²) in [5, 5.41) is 41.3. The zero-order valence-corrected chi connectivity index (χ0v) is 30.8. The van der Waals surface area contributed by atoms with Crippen LogP contribution in [0.1, 0.15) is 181 Å². The van der Waals surface area contributed by atoms with Gasteiger partial charge in [0.15, 0.2) is 6.10 Å². The molecule has 47 heavy (non-hydrogen) atoms. The van der Waals surface area contributed by atoms with E-state index in [0.29, 0.717) is 13.0 Å². The first kappa shape index (κ1) is 44.3. The summed E-state index contributed by atoms with van der Waals surface area (Å²) in [5.74, 6) is 0.380. The van der Waals surface area contributed by atoms with Gasteiger partial charge in [0.2, 0.25) is 0 Å². The average molecular weight is 673 g/mol. The fraction of sp³-hybridized carbons (Fsp3) is 0.974. The summed E-state index contributed by atoms with van der Waals surface area (Å²) in [4.78, 5) is 12.5. The zero-order valence-electron chi connectivity index (χ0n) is 30.8. The molecule has 4 N–H and O–H groups in total. The molecule has 0 aliphatic heterocycles. The van der Waals surface area contributed by atoms with Crippen LogP contribution in [-0.4, -0.2) is 82.8 Å². The highest BCUT2D eigenvalue weighted by Gasteiger charge is 2.52. The molecule has 0 spiro atoms. The fourth-order valence-corrected chi connectivity index (χ4v) is 6.59. The number of aliphatic hydroxyl groups is 4. The van der Waals surface area contributed by atoms with Crippen LogP contribution in [0.3, 0.4) is 0 Å². The second-order valence-corrected chi connectivity index (χ2v) is 14.5. The van der Waals surface area contributed by atoms with Crippen molar-refractivity contribution in [2.75, 3.05) is 19.8 Å². The molecule has 0 radical (unpaired) electrons. The number of unbranched alkanes of at least 4 members (excludes halogenated alkanes) is 19. The first-order valence-electron chi connectivity index (χ1n) is 19.9. The van der Waals surface area contributed by atoms with Crippen LogP contribution in [0.5, 0.6) is 0 Å². The minimum atomic E-state index is -1.49. The summed E-state index contributed by atoms with van der Waals surface area (Å²) in [7, 11) is 0. The summed E-state index contributed by atoms with van der Waals surface area (Å²) >= 11 is 0. The molecule has 1 rings (SSSR count). The van der Waals surface area contributed by atoms with Gasteiger partial charge in [0, 0.05) is 13.0 Å². The third-order valence-corrected chi connectivity index (χ3v) is 9.78. The Morgan fingerprint density at radius 3 is 1.57 bits per heavy atom. The lowest BCUT2D eigenvalue weighted by molar-refractivity contribution is -0.168. The number of hydrogen-bond acceptors (Lipinski definition) is 8. The van der Waals surface area contributed by atoms with Gasteiger partial charge in [-0.25, -0.2) is 0 Å². The van der Waals surface area contributed by atoms with Gasteiger partial charge in [0.1, 0.15) is 30.5 Å². The van der Waals surface area contributed by atoms with E-state index in [2.05, 4.69) is 20.8 Å². The van der Waals surface area contributed by atoms with E-state index >= 15 is 0 Å². The number of carbonyl (C=O) groups excluding carboxylic acids is 1. The van der Waals surface area contributed by atoms with Crippen molar-refractivity contribution in [1.29, 1.82) is 0 Å². The second-order valence-electron chi connectivity index (χ2n) is 14.5. The van der Waals surface area contributed by atoms with E-state index in [0.717, 1.165) is 31.6 Å². The predicted octanol–water partition coefficient (Wildman–Crippen LogP) is 8.19. The quantitative estimate of drug-likeness (QED) is 0.0406. The van der Waals surface area contributed by atoms with Crippen LogP contribution in [0.2, 0.25) is 0 Å². The molecular weight excluding hydrogens is 596 g/mol. The number of hydrogen-bond donors (Lipinski definition) is 4. The first-order chi connectivity index (χ1) is 22.8. The van der Waals surface area contributed by atoms with Crippen molar-refractivity contribution in [2.45, 2.75) is 218 Å². The van der Waals surface area contributed by atoms with E-state index < -0.39 is 42.6 Å². The van der Waals surface area contributed by atoms with Gasteiger partial charge in [0.25, 0.3) is 0 Å². The Morgan fingerprint density at radius 2 is 1.02 bits per heavy atom. The Morgan fingerprint density at radius 1 is 0.574 bits per heavy atom. The Kier molecular flexibility index (Phi) is 28.3. The molecule has 1 fully saturated rings. The van der Waals surface area contributed by atoms with Crippen molar-refractivity contribution in [3.8, 4) is 0 Å². The molecule has 1 aliphatic rings. The molecule has 8 heteroatoms. The SMILES string of the molecule is CCCCCCCCCCCCCC(=O)O[C@H]1[C@H](O)[C@@H](O)[C@H](O)[C@H]1OC[C@@H](O)COCCCCCCCCCC(C)CCCCCC. The monoisotopic (exact) mass is 673 g/mol. The van der Waals surface area contributed by atoms with Gasteiger partial charge in [-0.15, -0.1) is 0 Å². The van der Waals surface area contributed by atoms with Crippen molar-refractivity contribution in [3.05, 3.63) is 0 Å².